The Morgan fingerprint density at radius 1 is 1.27 bits per heavy atom. The van der Waals surface area contributed by atoms with Gasteiger partial charge in [0.1, 0.15) is 17.4 Å². The van der Waals surface area contributed by atoms with E-state index in [0.717, 1.165) is 0 Å². The molecule has 0 aliphatic carbocycles. The molecule has 0 radical (unpaired) electrons. The summed E-state index contributed by atoms with van der Waals surface area (Å²) in [6, 6.07) is 7.56. The maximum atomic E-state index is 12.5. The van der Waals surface area contributed by atoms with Gasteiger partial charge in [0.05, 0.1) is 0 Å². The molecule has 2 rings (SSSR count). The van der Waals surface area contributed by atoms with Crippen molar-refractivity contribution in [1.29, 1.82) is 5.26 Å². The Balaban J connectivity index is 2.13. The molecule has 1 aromatic heterocycles. The standard InChI is InChI=1S/C15H9F3N4O3S/c1-8(23)25-11-4-2-9(3-5-11)6-10(7-19)12(24)20-14-22-21-13(26-14)15(16,17)18/h2-6H,1H3,(H,20,22,24). The number of nitrogens with one attached hydrogen (secondary N) is 1. The fourth-order valence-electron chi connectivity index (χ4n) is 1.67. The molecular formula is C15H9F3N4O3S. The van der Waals surface area contributed by atoms with Gasteiger partial charge in [0.2, 0.25) is 10.1 Å². The Kier molecular flexibility index (Phi) is 5.68. The summed E-state index contributed by atoms with van der Waals surface area (Å²) in [5.74, 6) is -1.15. The van der Waals surface area contributed by atoms with E-state index < -0.39 is 23.1 Å². The molecule has 2 aromatic rings. The van der Waals surface area contributed by atoms with Crippen LogP contribution in [0.3, 0.4) is 0 Å². The van der Waals surface area contributed by atoms with E-state index in [2.05, 4.69) is 15.5 Å². The predicted molar refractivity (Wildman–Crippen MR) is 84.9 cm³/mol. The Morgan fingerprint density at radius 2 is 1.92 bits per heavy atom. The van der Waals surface area contributed by atoms with Gasteiger partial charge in [0.25, 0.3) is 5.91 Å². The fraction of sp³-hybridized carbons (Fsp3) is 0.133. The molecule has 0 saturated carbocycles. The number of anilines is 1. The fourth-order valence-corrected chi connectivity index (χ4v) is 2.27. The minimum atomic E-state index is -4.67. The van der Waals surface area contributed by atoms with Crippen molar-refractivity contribution in [2.45, 2.75) is 13.1 Å². The molecular weight excluding hydrogens is 373 g/mol. The maximum Gasteiger partial charge on any atom is 0.445 e. The Hall–Kier alpha value is -3.26. The van der Waals surface area contributed by atoms with E-state index in [9.17, 15) is 22.8 Å². The molecule has 1 amide bonds. The quantitative estimate of drug-likeness (QED) is 0.377. The zero-order valence-corrected chi connectivity index (χ0v) is 13.8. The second kappa shape index (κ2) is 7.75. The largest absolute Gasteiger partial charge is 0.445 e. The van der Waals surface area contributed by atoms with Crippen LogP contribution in [0.15, 0.2) is 29.8 Å². The number of halogens is 3. The first-order valence-electron chi connectivity index (χ1n) is 6.81. The molecule has 0 spiro atoms. The van der Waals surface area contributed by atoms with Crippen molar-refractivity contribution in [3.63, 3.8) is 0 Å². The van der Waals surface area contributed by atoms with Crippen molar-refractivity contribution in [2.75, 3.05) is 5.32 Å². The Morgan fingerprint density at radius 3 is 2.42 bits per heavy atom. The van der Waals surface area contributed by atoms with Crippen molar-refractivity contribution in [2.24, 2.45) is 0 Å². The molecule has 0 atom stereocenters. The average Bonchev–Trinajstić information content (AvgIpc) is 3.02. The van der Waals surface area contributed by atoms with E-state index in [1.54, 1.807) is 6.07 Å². The first kappa shape index (κ1) is 19.1. The molecule has 7 nitrogen and oxygen atoms in total. The maximum absolute atomic E-state index is 12.5. The van der Waals surface area contributed by atoms with Crippen LogP contribution in [0.5, 0.6) is 5.75 Å². The zero-order chi connectivity index (χ0) is 19.3. The summed E-state index contributed by atoms with van der Waals surface area (Å²) in [5, 5.41) is 15.7. The van der Waals surface area contributed by atoms with Gasteiger partial charge < -0.3 is 4.74 Å². The van der Waals surface area contributed by atoms with Crippen molar-refractivity contribution < 1.29 is 27.5 Å². The smallest absolute Gasteiger partial charge is 0.427 e. The van der Waals surface area contributed by atoms with E-state index in [4.69, 9.17) is 10.00 Å². The van der Waals surface area contributed by atoms with Crippen LogP contribution in [0.4, 0.5) is 18.3 Å². The predicted octanol–water partition coefficient (Wildman–Crippen LogP) is 3.03. The van der Waals surface area contributed by atoms with Gasteiger partial charge in [0.15, 0.2) is 0 Å². The topological polar surface area (TPSA) is 105 Å². The van der Waals surface area contributed by atoms with Gasteiger partial charge >= 0.3 is 12.1 Å². The second-order valence-electron chi connectivity index (χ2n) is 4.70. The first-order valence-corrected chi connectivity index (χ1v) is 7.63. The minimum Gasteiger partial charge on any atom is -0.427 e. The number of ether oxygens (including phenoxy) is 1. The van der Waals surface area contributed by atoms with Crippen LogP contribution in [-0.2, 0) is 15.8 Å². The number of carbonyl (C=O) groups is 2. The van der Waals surface area contributed by atoms with Crippen LogP contribution in [0.2, 0.25) is 0 Å². The van der Waals surface area contributed by atoms with Crippen LogP contribution in [0.1, 0.15) is 17.5 Å². The average molecular weight is 382 g/mol. The van der Waals surface area contributed by atoms with Gasteiger partial charge in [-0.2, -0.15) is 18.4 Å². The number of alkyl halides is 3. The second-order valence-corrected chi connectivity index (χ2v) is 5.67. The van der Waals surface area contributed by atoms with E-state index in [1.165, 1.54) is 37.3 Å². The third-order valence-electron chi connectivity index (χ3n) is 2.71. The molecule has 1 aromatic carbocycles. The number of nitriles is 1. The Labute approximate surface area is 148 Å². The summed E-state index contributed by atoms with van der Waals surface area (Å²) < 4.78 is 42.2. The van der Waals surface area contributed by atoms with E-state index >= 15 is 0 Å². The summed E-state index contributed by atoms with van der Waals surface area (Å²) in [4.78, 5) is 22.8. The van der Waals surface area contributed by atoms with Crippen molar-refractivity contribution in [3.05, 3.63) is 40.4 Å². The highest BCUT2D eigenvalue weighted by Crippen LogP contribution is 2.33. The zero-order valence-electron chi connectivity index (χ0n) is 13.0. The molecule has 0 unspecified atom stereocenters. The van der Waals surface area contributed by atoms with Crippen LogP contribution >= 0.6 is 11.3 Å². The molecule has 1 heterocycles. The van der Waals surface area contributed by atoms with Gasteiger partial charge in [0, 0.05) is 6.92 Å². The Bertz CT molecular complexity index is 898. The number of esters is 1. The third-order valence-corrected chi connectivity index (χ3v) is 3.59. The van der Waals surface area contributed by atoms with Gasteiger partial charge in [-0.05, 0) is 23.8 Å². The minimum absolute atomic E-state index is 0.146. The van der Waals surface area contributed by atoms with Crippen molar-refractivity contribution >= 4 is 34.4 Å². The van der Waals surface area contributed by atoms with E-state index in [0.29, 0.717) is 5.56 Å². The number of carbonyl (C=O) groups excluding carboxylic acids is 2. The van der Waals surface area contributed by atoms with Gasteiger partial charge in [-0.15, -0.1) is 10.2 Å². The third kappa shape index (κ3) is 5.12. The van der Waals surface area contributed by atoms with E-state index in [-0.39, 0.29) is 27.8 Å². The lowest BCUT2D eigenvalue weighted by atomic mass is 10.1. The van der Waals surface area contributed by atoms with Crippen LogP contribution in [0, 0.1) is 11.3 Å². The van der Waals surface area contributed by atoms with Crippen molar-refractivity contribution in [3.8, 4) is 11.8 Å². The summed E-state index contributed by atoms with van der Waals surface area (Å²) in [6.45, 7) is 1.24. The molecule has 0 aliphatic rings. The molecule has 1 N–H and O–H groups in total. The number of hydrogen-bond acceptors (Lipinski definition) is 7. The summed E-state index contributed by atoms with van der Waals surface area (Å²) >= 11 is 0.146. The lowest BCUT2D eigenvalue weighted by Gasteiger charge is -2.02. The monoisotopic (exact) mass is 382 g/mol. The van der Waals surface area contributed by atoms with Crippen molar-refractivity contribution in [1.82, 2.24) is 10.2 Å². The molecule has 134 valence electrons. The highest BCUT2D eigenvalue weighted by molar-refractivity contribution is 7.15. The van der Waals surface area contributed by atoms with E-state index in [1.807, 2.05) is 0 Å². The van der Waals surface area contributed by atoms with Gasteiger partial charge in [-0.1, -0.05) is 23.5 Å². The number of amides is 1. The molecule has 0 aliphatic heterocycles. The highest BCUT2D eigenvalue weighted by Gasteiger charge is 2.35. The van der Waals surface area contributed by atoms with Gasteiger partial charge in [-0.3, -0.25) is 14.9 Å². The molecule has 26 heavy (non-hydrogen) atoms. The lowest BCUT2D eigenvalue weighted by Crippen LogP contribution is -2.13. The SMILES string of the molecule is CC(=O)Oc1ccc(C=C(C#N)C(=O)Nc2nnc(C(F)(F)F)s2)cc1. The number of nitrogens with zero attached hydrogens (tertiary/aromatic N) is 3. The summed E-state index contributed by atoms with van der Waals surface area (Å²) in [6.07, 6.45) is -3.45. The van der Waals surface area contributed by atoms with Crippen LogP contribution in [0.25, 0.3) is 6.08 Å². The number of rotatable bonds is 4. The molecule has 0 saturated heterocycles. The molecule has 0 bridgehead atoms. The molecule has 0 fully saturated rings. The van der Waals surface area contributed by atoms with Crippen LogP contribution in [-0.4, -0.2) is 22.1 Å². The summed E-state index contributed by atoms with van der Waals surface area (Å²) in [5.41, 5.74) is 0.0924. The van der Waals surface area contributed by atoms with Gasteiger partial charge in [-0.25, -0.2) is 0 Å². The van der Waals surface area contributed by atoms with Crippen LogP contribution < -0.4 is 10.1 Å². The number of hydrogen-bond donors (Lipinski definition) is 1. The number of aromatic nitrogens is 2. The highest BCUT2D eigenvalue weighted by atomic mass is 32.1. The normalized spacial score (nSPS) is 11.6. The lowest BCUT2D eigenvalue weighted by molar-refractivity contribution is -0.138. The number of benzene rings is 1. The molecule has 11 heteroatoms. The first-order chi connectivity index (χ1) is 12.2. The summed E-state index contributed by atoms with van der Waals surface area (Å²) in [7, 11) is 0.